The largest absolute Gasteiger partial charge is 0.462 e. The first kappa shape index (κ1) is 23.6. The molecule has 2 heterocycles. The van der Waals surface area contributed by atoms with Gasteiger partial charge in [0.25, 0.3) is 0 Å². The number of carbonyl (C=O) groups excluding carboxylic acids is 1. The first-order chi connectivity index (χ1) is 17.4. The Kier molecular flexibility index (Phi) is 6.48. The molecule has 0 saturated carbocycles. The summed E-state index contributed by atoms with van der Waals surface area (Å²) in [5.41, 5.74) is 4.06. The van der Waals surface area contributed by atoms with Crippen LogP contribution in [0.25, 0.3) is 11.1 Å². The van der Waals surface area contributed by atoms with Crippen LogP contribution in [0, 0.1) is 11.6 Å². The smallest absolute Gasteiger partial charge is 0.338 e. The van der Waals surface area contributed by atoms with Gasteiger partial charge in [-0.25, -0.2) is 18.6 Å². The van der Waals surface area contributed by atoms with Gasteiger partial charge in [0.05, 0.1) is 30.0 Å². The molecule has 0 atom stereocenters. The number of nitrogens with one attached hydrogen (secondary N) is 1. The van der Waals surface area contributed by atoms with E-state index in [0.717, 1.165) is 22.4 Å². The van der Waals surface area contributed by atoms with E-state index in [0.29, 0.717) is 28.6 Å². The summed E-state index contributed by atoms with van der Waals surface area (Å²) in [6, 6.07) is 17.7. The Morgan fingerprint density at radius 1 is 1.00 bits per heavy atom. The number of rotatable bonds is 5. The van der Waals surface area contributed by atoms with E-state index in [4.69, 9.17) is 16.3 Å². The highest BCUT2D eigenvalue weighted by atomic mass is 35.5. The van der Waals surface area contributed by atoms with E-state index < -0.39 is 11.6 Å². The monoisotopic (exact) mass is 503 g/mol. The number of esters is 1. The number of nitrogens with zero attached hydrogens (tertiary/aromatic N) is 2. The average Bonchev–Trinajstić information content (AvgIpc) is 3.01. The summed E-state index contributed by atoms with van der Waals surface area (Å²) in [5, 5.41) is 3.66. The van der Waals surface area contributed by atoms with Gasteiger partial charge in [0.1, 0.15) is 17.5 Å². The van der Waals surface area contributed by atoms with Gasteiger partial charge in [-0.2, -0.15) is 0 Å². The molecule has 0 unspecified atom stereocenters. The molecule has 1 N–H and O–H groups in total. The highest BCUT2D eigenvalue weighted by molar-refractivity contribution is 6.31. The average molecular weight is 504 g/mol. The quantitative estimate of drug-likeness (QED) is 0.299. The molecule has 0 fully saturated rings. The molecule has 1 aliphatic rings. The summed E-state index contributed by atoms with van der Waals surface area (Å²) < 4.78 is 34.4. The second-order valence-electron chi connectivity index (χ2n) is 8.10. The van der Waals surface area contributed by atoms with Crippen LogP contribution in [0.1, 0.15) is 34.0 Å². The van der Waals surface area contributed by atoms with Crippen LogP contribution in [0.3, 0.4) is 0 Å². The van der Waals surface area contributed by atoms with Gasteiger partial charge in [0, 0.05) is 22.5 Å². The molecule has 4 aromatic rings. The van der Waals surface area contributed by atoms with Crippen LogP contribution in [-0.4, -0.2) is 23.3 Å². The summed E-state index contributed by atoms with van der Waals surface area (Å²) in [6.07, 6.45) is 1.69. The molecule has 0 bridgehead atoms. The molecule has 180 valence electrons. The van der Waals surface area contributed by atoms with Crippen molar-refractivity contribution in [2.45, 2.75) is 13.5 Å². The summed E-state index contributed by atoms with van der Waals surface area (Å²) in [7, 11) is 0. The van der Waals surface area contributed by atoms with Gasteiger partial charge in [0.2, 0.25) is 0 Å². The molecule has 0 aliphatic carbocycles. The summed E-state index contributed by atoms with van der Waals surface area (Å²) in [5.74, 6) is -1.22. The number of aromatic nitrogens is 1. The minimum Gasteiger partial charge on any atom is -0.462 e. The maximum atomic E-state index is 14.7. The first-order valence-electron chi connectivity index (χ1n) is 11.3. The predicted molar refractivity (Wildman–Crippen MR) is 136 cm³/mol. The highest BCUT2D eigenvalue weighted by Crippen LogP contribution is 2.36. The molecule has 5 nitrogen and oxygen atoms in total. The van der Waals surface area contributed by atoms with Gasteiger partial charge in [-0.15, -0.1) is 0 Å². The zero-order valence-electron chi connectivity index (χ0n) is 19.2. The Labute approximate surface area is 211 Å². The fourth-order valence-corrected chi connectivity index (χ4v) is 4.29. The first-order valence-corrected chi connectivity index (χ1v) is 11.6. The fourth-order valence-electron chi connectivity index (χ4n) is 4.12. The van der Waals surface area contributed by atoms with Gasteiger partial charge in [-0.3, -0.25) is 4.99 Å². The van der Waals surface area contributed by atoms with Crippen molar-refractivity contribution < 1.29 is 18.3 Å². The van der Waals surface area contributed by atoms with Gasteiger partial charge in [0.15, 0.2) is 0 Å². The molecule has 1 aliphatic heterocycles. The van der Waals surface area contributed by atoms with Crippen molar-refractivity contribution in [3.63, 3.8) is 0 Å². The second kappa shape index (κ2) is 9.87. The third-order valence-corrected chi connectivity index (χ3v) is 6.02. The molecular weight excluding hydrogens is 484 g/mol. The Morgan fingerprint density at radius 3 is 2.47 bits per heavy atom. The number of ether oxygens (including phenoxy) is 1. The number of hydrogen-bond acceptors (Lipinski definition) is 5. The standard InChI is InChI=1S/C28H20ClF2N3O2/c1-2-36-28(35)16-6-9-19(10-7-16)34-25-13-21-17(14-32-25)15-33-27(22-12-18(29)8-11-20(21)22)26-23(30)4-3-5-24(26)31/h3-14H,2,15H2,1H3,(H,32,34). The van der Waals surface area contributed by atoms with Crippen LogP contribution < -0.4 is 5.32 Å². The Morgan fingerprint density at radius 2 is 1.75 bits per heavy atom. The molecule has 1 aromatic heterocycles. The number of hydrogen-bond donors (Lipinski definition) is 1. The van der Waals surface area contributed by atoms with E-state index in [1.54, 1.807) is 49.5 Å². The van der Waals surface area contributed by atoms with Crippen LogP contribution in [-0.2, 0) is 11.3 Å². The van der Waals surface area contributed by atoms with E-state index in [-0.39, 0.29) is 23.8 Å². The molecule has 5 rings (SSSR count). The predicted octanol–water partition coefficient (Wildman–Crippen LogP) is 6.95. The third kappa shape index (κ3) is 4.57. The lowest BCUT2D eigenvalue weighted by atomic mass is 9.92. The lowest BCUT2D eigenvalue weighted by molar-refractivity contribution is 0.0526. The lowest BCUT2D eigenvalue weighted by Crippen LogP contribution is -2.10. The van der Waals surface area contributed by atoms with Crippen LogP contribution in [0.2, 0.25) is 5.02 Å². The van der Waals surface area contributed by atoms with Crippen molar-refractivity contribution in [2.75, 3.05) is 11.9 Å². The van der Waals surface area contributed by atoms with E-state index in [1.807, 2.05) is 12.1 Å². The van der Waals surface area contributed by atoms with Gasteiger partial charge in [-0.05, 0) is 78.2 Å². The van der Waals surface area contributed by atoms with Gasteiger partial charge >= 0.3 is 5.97 Å². The van der Waals surface area contributed by atoms with Crippen LogP contribution in [0.15, 0.2) is 77.9 Å². The highest BCUT2D eigenvalue weighted by Gasteiger charge is 2.24. The molecule has 0 saturated heterocycles. The van der Waals surface area contributed by atoms with Crippen molar-refractivity contribution in [1.29, 1.82) is 0 Å². The Hall–Kier alpha value is -4.10. The third-order valence-electron chi connectivity index (χ3n) is 5.79. The van der Waals surface area contributed by atoms with Crippen LogP contribution in [0.4, 0.5) is 20.3 Å². The van der Waals surface area contributed by atoms with Crippen molar-refractivity contribution in [3.8, 4) is 11.1 Å². The number of halogens is 3. The minimum absolute atomic E-state index is 0.187. The normalized spacial score (nSPS) is 12.2. The van der Waals surface area contributed by atoms with Crippen molar-refractivity contribution in [2.24, 2.45) is 4.99 Å². The molecular formula is C28H20ClF2N3O2. The van der Waals surface area contributed by atoms with Gasteiger partial charge in [-0.1, -0.05) is 23.7 Å². The fraction of sp³-hybridized carbons (Fsp3) is 0.107. The molecule has 36 heavy (non-hydrogen) atoms. The van der Waals surface area contributed by atoms with E-state index in [9.17, 15) is 13.6 Å². The lowest BCUT2D eigenvalue weighted by Gasteiger charge is -2.14. The number of carbonyl (C=O) groups is 1. The van der Waals surface area contributed by atoms with Crippen LogP contribution in [0.5, 0.6) is 0 Å². The number of anilines is 2. The number of pyridine rings is 1. The number of fused-ring (bicyclic) bond motifs is 3. The zero-order chi connectivity index (χ0) is 25.2. The minimum atomic E-state index is -0.697. The molecule has 0 amide bonds. The Balaban J connectivity index is 1.53. The SMILES string of the molecule is CCOC(=O)c1ccc(Nc2cc3c(cn2)CN=C(c2c(F)cccc2F)c2cc(Cl)ccc2-3)cc1. The molecule has 0 spiro atoms. The molecule has 0 radical (unpaired) electrons. The van der Waals surface area contributed by atoms with Gasteiger partial charge < -0.3 is 10.1 Å². The van der Waals surface area contributed by atoms with Crippen molar-refractivity contribution >= 4 is 34.8 Å². The van der Waals surface area contributed by atoms with Crippen molar-refractivity contribution in [3.05, 3.63) is 112 Å². The molecule has 8 heteroatoms. The summed E-state index contributed by atoms with van der Waals surface area (Å²) in [4.78, 5) is 21.0. The van der Waals surface area contributed by atoms with E-state index in [2.05, 4.69) is 15.3 Å². The van der Waals surface area contributed by atoms with Crippen molar-refractivity contribution in [1.82, 2.24) is 4.98 Å². The summed E-state index contributed by atoms with van der Waals surface area (Å²) >= 11 is 6.28. The summed E-state index contributed by atoms with van der Waals surface area (Å²) in [6.45, 7) is 2.25. The van der Waals surface area contributed by atoms with E-state index in [1.165, 1.54) is 18.2 Å². The second-order valence-corrected chi connectivity index (χ2v) is 8.54. The number of benzene rings is 3. The topological polar surface area (TPSA) is 63.6 Å². The van der Waals surface area contributed by atoms with E-state index >= 15 is 0 Å². The molecule has 3 aromatic carbocycles. The number of aliphatic imine (C=N–C) groups is 1. The van der Waals surface area contributed by atoms with Crippen LogP contribution >= 0.6 is 11.6 Å². The maximum Gasteiger partial charge on any atom is 0.338 e. The maximum absolute atomic E-state index is 14.7. The Bertz CT molecular complexity index is 1480. The zero-order valence-corrected chi connectivity index (χ0v) is 19.9.